The molecule has 5 aromatic rings. The zero-order chi connectivity index (χ0) is 35.6. The molecule has 1 unspecified atom stereocenters. The number of nitrogens with one attached hydrogen (secondary N) is 1. The van der Waals surface area contributed by atoms with Crippen LogP contribution in [0.3, 0.4) is 0 Å². The number of carboxylic acids is 1. The van der Waals surface area contributed by atoms with Gasteiger partial charge in [0.1, 0.15) is 6.23 Å². The molecule has 0 bridgehead atoms. The van der Waals surface area contributed by atoms with Gasteiger partial charge in [0.2, 0.25) is 0 Å². The summed E-state index contributed by atoms with van der Waals surface area (Å²) in [4.78, 5) is 37.4. The summed E-state index contributed by atoms with van der Waals surface area (Å²) in [6, 6.07) is 28.0. The number of carboxylic acid groups (broad SMARTS) is 1. The Labute approximate surface area is 297 Å². The number of rotatable bonds is 11. The fourth-order valence-corrected chi connectivity index (χ4v) is 7.03. The van der Waals surface area contributed by atoms with Gasteiger partial charge in [0.15, 0.2) is 5.82 Å². The molecule has 1 fully saturated rings. The summed E-state index contributed by atoms with van der Waals surface area (Å²) in [5, 5.41) is 23.7. The Bertz CT molecular complexity index is 1920. The highest BCUT2D eigenvalue weighted by atomic mass is 32.1. The van der Waals surface area contributed by atoms with E-state index in [9.17, 15) is 19.8 Å². The number of aliphatic hydroxyl groups is 1. The van der Waals surface area contributed by atoms with Crippen LogP contribution < -0.4 is 5.32 Å². The Morgan fingerprint density at radius 2 is 1.36 bits per heavy atom. The van der Waals surface area contributed by atoms with Crippen LogP contribution in [0.4, 0.5) is 0 Å². The van der Waals surface area contributed by atoms with Crippen molar-refractivity contribution in [1.82, 2.24) is 20.2 Å². The van der Waals surface area contributed by atoms with Crippen molar-refractivity contribution in [2.24, 2.45) is 5.92 Å². The first-order valence-electron chi connectivity index (χ1n) is 17.0. The van der Waals surface area contributed by atoms with Crippen LogP contribution in [-0.2, 0) is 16.6 Å². The standard InChI is InChI=1S/C41H44N4O4S/c1-25(2)27-10-12-28(13-11-27)29-14-16-30(17-15-29)32-21-42-37(43-22-32)31-8-6-26(7-9-31)20-34(39(47)45-23-33(24-45)40(48)49)44-38(46)35-18-19-36(50-35)41(3,4)5/h6-19,21-22,25,33-34,39,47H,20,23-24H2,1-5H3,(H,44,46)(H,48,49)/t34-,39?/m0/s1. The fraction of sp³-hybridized carbons (Fsp3) is 0.317. The Hall–Kier alpha value is -4.70. The maximum atomic E-state index is 13.3. The van der Waals surface area contributed by atoms with E-state index in [-0.39, 0.29) is 24.4 Å². The Morgan fingerprint density at radius 3 is 1.88 bits per heavy atom. The van der Waals surface area contributed by atoms with Crippen LogP contribution in [0.25, 0.3) is 33.6 Å². The van der Waals surface area contributed by atoms with E-state index >= 15 is 0 Å². The number of carbonyl (C=O) groups excluding carboxylic acids is 1. The number of hydrogen-bond acceptors (Lipinski definition) is 7. The van der Waals surface area contributed by atoms with E-state index in [0.717, 1.165) is 32.7 Å². The number of amides is 1. The molecule has 50 heavy (non-hydrogen) atoms. The lowest BCUT2D eigenvalue weighted by atomic mass is 9.95. The number of aromatic nitrogens is 2. The SMILES string of the molecule is CC(C)c1ccc(-c2ccc(-c3cnc(-c4ccc(C[C@H](NC(=O)c5ccc(C(C)(C)C)s5)C(O)N5CC(C(=O)O)C5)cc4)nc3)cc2)cc1. The van der Waals surface area contributed by atoms with Gasteiger partial charge in [0.05, 0.1) is 16.8 Å². The lowest BCUT2D eigenvalue weighted by molar-refractivity contribution is -0.155. The summed E-state index contributed by atoms with van der Waals surface area (Å²) in [5.41, 5.74) is 7.31. The second-order valence-electron chi connectivity index (χ2n) is 14.4. The normalized spacial score (nSPS) is 15.0. The van der Waals surface area contributed by atoms with Crippen molar-refractivity contribution in [1.29, 1.82) is 0 Å². The highest BCUT2D eigenvalue weighted by Gasteiger charge is 2.39. The van der Waals surface area contributed by atoms with Crippen LogP contribution in [0.1, 0.15) is 66.2 Å². The predicted molar refractivity (Wildman–Crippen MR) is 199 cm³/mol. The number of aliphatic hydroxyl groups excluding tert-OH is 1. The summed E-state index contributed by atoms with van der Waals surface area (Å²) in [6.07, 6.45) is 2.98. The van der Waals surface area contributed by atoms with Crippen LogP contribution >= 0.6 is 11.3 Å². The number of carbonyl (C=O) groups is 2. The first-order chi connectivity index (χ1) is 23.9. The maximum Gasteiger partial charge on any atom is 0.309 e. The van der Waals surface area contributed by atoms with Crippen LogP contribution in [-0.4, -0.2) is 62.3 Å². The van der Waals surface area contributed by atoms with Crippen molar-refractivity contribution in [3.63, 3.8) is 0 Å². The molecule has 3 heterocycles. The molecule has 0 spiro atoms. The number of hydrogen-bond donors (Lipinski definition) is 3. The largest absolute Gasteiger partial charge is 0.481 e. The summed E-state index contributed by atoms with van der Waals surface area (Å²) < 4.78 is 0. The Balaban J connectivity index is 1.13. The van der Waals surface area contributed by atoms with Gasteiger partial charge in [-0.3, -0.25) is 14.5 Å². The Morgan fingerprint density at radius 1 is 0.820 bits per heavy atom. The third kappa shape index (κ3) is 8.02. The van der Waals surface area contributed by atoms with E-state index in [0.29, 0.717) is 23.0 Å². The number of thiophene rings is 1. The van der Waals surface area contributed by atoms with E-state index in [1.54, 1.807) is 4.90 Å². The molecule has 0 radical (unpaired) electrons. The maximum absolute atomic E-state index is 13.3. The first-order valence-corrected chi connectivity index (χ1v) is 17.9. The van der Waals surface area contributed by atoms with Crippen molar-refractivity contribution in [3.8, 4) is 33.6 Å². The van der Waals surface area contributed by atoms with Crippen molar-refractivity contribution in [2.45, 2.75) is 64.6 Å². The molecule has 6 rings (SSSR count). The van der Waals surface area contributed by atoms with Crippen LogP contribution in [0, 0.1) is 5.92 Å². The summed E-state index contributed by atoms with van der Waals surface area (Å²) in [7, 11) is 0. The minimum absolute atomic E-state index is 0.0796. The zero-order valence-corrected chi connectivity index (χ0v) is 29.9. The molecule has 1 aliphatic heterocycles. The molecule has 3 aromatic carbocycles. The zero-order valence-electron chi connectivity index (χ0n) is 29.1. The average Bonchev–Trinajstić information content (AvgIpc) is 3.60. The molecule has 2 aromatic heterocycles. The van der Waals surface area contributed by atoms with E-state index in [1.807, 2.05) is 48.8 Å². The lowest BCUT2D eigenvalue weighted by Gasteiger charge is -2.42. The van der Waals surface area contributed by atoms with Gasteiger partial charge in [-0.05, 0) is 57.7 Å². The highest BCUT2D eigenvalue weighted by Crippen LogP contribution is 2.30. The molecular formula is C41H44N4O4S. The number of aliphatic carboxylic acids is 1. The summed E-state index contributed by atoms with van der Waals surface area (Å²) >= 11 is 1.44. The molecule has 1 saturated heterocycles. The summed E-state index contributed by atoms with van der Waals surface area (Å²) in [5.74, 6) is -0.562. The minimum atomic E-state index is -1.04. The molecule has 0 aliphatic carbocycles. The van der Waals surface area contributed by atoms with Gasteiger partial charge in [0, 0.05) is 41.5 Å². The van der Waals surface area contributed by atoms with Crippen molar-refractivity contribution < 1.29 is 19.8 Å². The second-order valence-corrected chi connectivity index (χ2v) is 15.5. The number of nitrogens with zero attached hydrogens (tertiary/aromatic N) is 3. The average molecular weight is 689 g/mol. The van der Waals surface area contributed by atoms with Crippen LogP contribution in [0.5, 0.6) is 0 Å². The number of benzene rings is 3. The van der Waals surface area contributed by atoms with Gasteiger partial charge in [-0.1, -0.05) is 107 Å². The van der Waals surface area contributed by atoms with Crippen LogP contribution in [0.15, 0.2) is 97.3 Å². The highest BCUT2D eigenvalue weighted by molar-refractivity contribution is 7.14. The van der Waals surface area contributed by atoms with Crippen LogP contribution in [0.2, 0.25) is 0 Å². The number of likely N-dealkylation sites (tertiary alicyclic amines) is 1. The minimum Gasteiger partial charge on any atom is -0.481 e. The topological polar surface area (TPSA) is 116 Å². The molecular weight excluding hydrogens is 645 g/mol. The third-order valence-electron chi connectivity index (χ3n) is 9.33. The molecule has 8 nitrogen and oxygen atoms in total. The van der Waals surface area contributed by atoms with E-state index < -0.39 is 24.2 Å². The van der Waals surface area contributed by atoms with Gasteiger partial charge in [-0.2, -0.15) is 0 Å². The van der Waals surface area contributed by atoms with Crippen molar-refractivity contribution in [3.05, 3.63) is 118 Å². The van der Waals surface area contributed by atoms with Gasteiger partial charge in [-0.15, -0.1) is 11.3 Å². The van der Waals surface area contributed by atoms with Crippen molar-refractivity contribution in [2.75, 3.05) is 13.1 Å². The fourth-order valence-electron chi connectivity index (χ4n) is 6.06. The molecule has 1 aliphatic rings. The van der Waals surface area contributed by atoms with E-state index in [2.05, 4.69) is 98.4 Å². The Kier molecular flexibility index (Phi) is 10.3. The molecule has 0 saturated carbocycles. The molecule has 1 amide bonds. The van der Waals surface area contributed by atoms with E-state index in [4.69, 9.17) is 0 Å². The molecule has 3 N–H and O–H groups in total. The molecule has 2 atom stereocenters. The van der Waals surface area contributed by atoms with E-state index in [1.165, 1.54) is 22.5 Å². The molecule has 9 heteroatoms. The van der Waals surface area contributed by atoms with Gasteiger partial charge in [0.25, 0.3) is 5.91 Å². The monoisotopic (exact) mass is 688 g/mol. The summed E-state index contributed by atoms with van der Waals surface area (Å²) in [6.45, 7) is 11.2. The van der Waals surface area contributed by atoms with Gasteiger partial charge < -0.3 is 15.5 Å². The van der Waals surface area contributed by atoms with Gasteiger partial charge >= 0.3 is 5.97 Å². The first kappa shape index (κ1) is 35.1. The second kappa shape index (κ2) is 14.6. The quantitative estimate of drug-likeness (QED) is 0.131. The lowest BCUT2D eigenvalue weighted by Crippen LogP contribution is -2.61. The van der Waals surface area contributed by atoms with Crippen molar-refractivity contribution >= 4 is 23.2 Å². The smallest absolute Gasteiger partial charge is 0.309 e. The third-order valence-corrected chi connectivity index (χ3v) is 10.8. The molecule has 258 valence electrons. The van der Waals surface area contributed by atoms with Gasteiger partial charge in [-0.25, -0.2) is 9.97 Å². The predicted octanol–water partition coefficient (Wildman–Crippen LogP) is 7.64.